The van der Waals surface area contributed by atoms with E-state index in [-0.39, 0.29) is 18.6 Å². The summed E-state index contributed by atoms with van der Waals surface area (Å²) in [6.07, 6.45) is 4.48. The molecule has 0 bridgehead atoms. The summed E-state index contributed by atoms with van der Waals surface area (Å²) in [5.74, 6) is 2.08. The number of anilines is 2. The Morgan fingerprint density at radius 1 is 1.48 bits per heavy atom. The Hall–Kier alpha value is -1.74. The average molecular weight is 289 g/mol. The third-order valence-corrected chi connectivity index (χ3v) is 4.81. The van der Waals surface area contributed by atoms with Crippen molar-refractivity contribution in [1.82, 2.24) is 9.78 Å². The number of aromatic nitrogens is 2. The van der Waals surface area contributed by atoms with E-state index in [9.17, 15) is 10.4 Å². The molecule has 1 aliphatic heterocycles. The standard InChI is InChI=1S/C15H23N5O/c1-10(12-4-5-12)20-14(17)13(7-16)15(18-20)19-6-2-3-11(8-19)9-21/h10-12,21H,2-6,8-9,17H2,1H3. The number of hydrogen-bond donors (Lipinski definition) is 2. The van der Waals surface area contributed by atoms with Crippen LogP contribution in [0.25, 0.3) is 0 Å². The predicted octanol–water partition coefficient (Wildman–Crippen LogP) is 1.52. The molecule has 3 rings (SSSR count). The summed E-state index contributed by atoms with van der Waals surface area (Å²) in [6.45, 7) is 3.94. The molecular formula is C15H23N5O. The van der Waals surface area contributed by atoms with E-state index >= 15 is 0 Å². The van der Waals surface area contributed by atoms with Crippen LogP contribution in [0, 0.1) is 23.2 Å². The van der Waals surface area contributed by atoms with Gasteiger partial charge in [0, 0.05) is 19.7 Å². The van der Waals surface area contributed by atoms with Crippen molar-refractivity contribution in [3.63, 3.8) is 0 Å². The van der Waals surface area contributed by atoms with E-state index < -0.39 is 0 Å². The van der Waals surface area contributed by atoms with Crippen LogP contribution in [-0.4, -0.2) is 34.6 Å². The molecule has 6 nitrogen and oxygen atoms in total. The largest absolute Gasteiger partial charge is 0.396 e. The minimum Gasteiger partial charge on any atom is -0.396 e. The summed E-state index contributed by atoms with van der Waals surface area (Å²) in [5, 5.41) is 23.5. The van der Waals surface area contributed by atoms with Crippen molar-refractivity contribution < 1.29 is 5.11 Å². The zero-order chi connectivity index (χ0) is 15.0. The lowest BCUT2D eigenvalue weighted by molar-refractivity contribution is 0.208. The van der Waals surface area contributed by atoms with Crippen LogP contribution < -0.4 is 10.6 Å². The maximum atomic E-state index is 9.44. The first-order valence-electron chi connectivity index (χ1n) is 7.79. The summed E-state index contributed by atoms with van der Waals surface area (Å²) in [7, 11) is 0. The lowest BCUT2D eigenvalue weighted by Crippen LogP contribution is -2.37. The first-order valence-corrected chi connectivity index (χ1v) is 7.79. The molecule has 1 saturated heterocycles. The molecule has 2 aliphatic rings. The van der Waals surface area contributed by atoms with Crippen molar-refractivity contribution in [2.24, 2.45) is 11.8 Å². The number of nitrogen functional groups attached to an aromatic ring is 1. The molecule has 1 aliphatic carbocycles. The Kier molecular flexibility index (Phi) is 3.77. The van der Waals surface area contributed by atoms with E-state index in [4.69, 9.17) is 5.73 Å². The molecule has 21 heavy (non-hydrogen) atoms. The van der Waals surface area contributed by atoms with Crippen LogP contribution in [-0.2, 0) is 0 Å². The number of rotatable bonds is 4. The smallest absolute Gasteiger partial charge is 0.170 e. The molecule has 2 atom stereocenters. The van der Waals surface area contributed by atoms with Gasteiger partial charge < -0.3 is 15.7 Å². The summed E-state index contributed by atoms with van der Waals surface area (Å²) >= 11 is 0. The number of nitrogens with zero attached hydrogens (tertiary/aromatic N) is 4. The van der Waals surface area contributed by atoms with Gasteiger partial charge in [0.25, 0.3) is 0 Å². The normalized spacial score (nSPS) is 23.9. The molecule has 2 heterocycles. The van der Waals surface area contributed by atoms with Crippen molar-refractivity contribution in [3.05, 3.63) is 5.56 Å². The SMILES string of the molecule is CC(C1CC1)n1nc(N2CCCC(CO)C2)c(C#N)c1N. The van der Waals surface area contributed by atoms with Crippen LogP contribution in [0.1, 0.15) is 44.2 Å². The fourth-order valence-corrected chi connectivity index (χ4v) is 3.26. The van der Waals surface area contributed by atoms with Crippen molar-refractivity contribution in [2.45, 2.75) is 38.6 Å². The third-order valence-electron chi connectivity index (χ3n) is 4.81. The second kappa shape index (κ2) is 5.57. The molecule has 3 N–H and O–H groups in total. The third kappa shape index (κ3) is 2.58. The van der Waals surface area contributed by atoms with Gasteiger partial charge in [-0.2, -0.15) is 10.4 Å². The minimum atomic E-state index is 0.188. The number of hydrogen-bond acceptors (Lipinski definition) is 5. The van der Waals surface area contributed by atoms with Crippen LogP contribution in [0.5, 0.6) is 0 Å². The molecule has 114 valence electrons. The molecule has 6 heteroatoms. The quantitative estimate of drug-likeness (QED) is 0.877. The minimum absolute atomic E-state index is 0.188. The molecule has 1 aromatic heterocycles. The number of aliphatic hydroxyl groups is 1. The van der Waals surface area contributed by atoms with E-state index in [1.165, 1.54) is 12.8 Å². The predicted molar refractivity (Wildman–Crippen MR) is 80.8 cm³/mol. The fraction of sp³-hybridized carbons (Fsp3) is 0.733. The second-order valence-corrected chi connectivity index (χ2v) is 6.36. The highest BCUT2D eigenvalue weighted by Gasteiger charge is 2.33. The molecule has 1 aromatic rings. The summed E-state index contributed by atoms with van der Waals surface area (Å²) in [6, 6.07) is 2.47. The van der Waals surface area contributed by atoms with Crippen LogP contribution in [0.2, 0.25) is 0 Å². The van der Waals surface area contributed by atoms with Crippen molar-refractivity contribution in [1.29, 1.82) is 5.26 Å². The van der Waals surface area contributed by atoms with Crippen molar-refractivity contribution in [2.75, 3.05) is 30.3 Å². The van der Waals surface area contributed by atoms with Gasteiger partial charge in [0.05, 0.1) is 6.04 Å². The van der Waals surface area contributed by atoms with Gasteiger partial charge in [-0.1, -0.05) is 0 Å². The molecule has 0 aromatic carbocycles. The zero-order valence-electron chi connectivity index (χ0n) is 12.5. The fourth-order valence-electron chi connectivity index (χ4n) is 3.26. The monoisotopic (exact) mass is 289 g/mol. The Labute approximate surface area is 125 Å². The van der Waals surface area contributed by atoms with E-state index in [1.54, 1.807) is 0 Å². The summed E-state index contributed by atoms with van der Waals surface area (Å²) < 4.78 is 1.83. The number of aliphatic hydroxyl groups excluding tert-OH is 1. The molecule has 0 amide bonds. The van der Waals surface area contributed by atoms with Crippen LogP contribution in [0.4, 0.5) is 11.6 Å². The summed E-state index contributed by atoms with van der Waals surface area (Å²) in [4.78, 5) is 2.11. The van der Waals surface area contributed by atoms with E-state index in [1.807, 2.05) is 4.68 Å². The zero-order valence-corrected chi connectivity index (χ0v) is 12.5. The number of nitrogens with two attached hydrogens (primary N) is 1. The Morgan fingerprint density at radius 3 is 2.86 bits per heavy atom. The van der Waals surface area contributed by atoms with Gasteiger partial charge in [0.2, 0.25) is 0 Å². The molecule has 2 unspecified atom stereocenters. The van der Waals surface area contributed by atoms with Gasteiger partial charge in [0.1, 0.15) is 17.5 Å². The van der Waals surface area contributed by atoms with Crippen LogP contribution in [0.3, 0.4) is 0 Å². The van der Waals surface area contributed by atoms with Gasteiger partial charge >= 0.3 is 0 Å². The first-order chi connectivity index (χ1) is 10.2. The first kappa shape index (κ1) is 14.2. The number of nitriles is 1. The average Bonchev–Trinajstić information content (AvgIpc) is 3.30. The molecule has 2 fully saturated rings. The van der Waals surface area contributed by atoms with Crippen LogP contribution in [0.15, 0.2) is 0 Å². The second-order valence-electron chi connectivity index (χ2n) is 6.36. The van der Waals surface area contributed by atoms with Crippen LogP contribution >= 0.6 is 0 Å². The molecule has 0 radical (unpaired) electrons. The van der Waals surface area contributed by atoms with Gasteiger partial charge in [-0.3, -0.25) is 0 Å². The van der Waals surface area contributed by atoms with E-state index in [2.05, 4.69) is 23.0 Å². The maximum absolute atomic E-state index is 9.44. The Bertz CT molecular complexity index is 557. The van der Waals surface area contributed by atoms with Crippen molar-refractivity contribution in [3.8, 4) is 6.07 Å². The van der Waals surface area contributed by atoms with Crippen molar-refractivity contribution >= 4 is 11.6 Å². The lowest BCUT2D eigenvalue weighted by Gasteiger charge is -2.32. The van der Waals surface area contributed by atoms with E-state index in [0.717, 1.165) is 25.9 Å². The lowest BCUT2D eigenvalue weighted by atomic mass is 9.99. The highest BCUT2D eigenvalue weighted by Crippen LogP contribution is 2.41. The van der Waals surface area contributed by atoms with E-state index in [0.29, 0.717) is 23.1 Å². The Morgan fingerprint density at radius 2 is 2.24 bits per heavy atom. The van der Waals surface area contributed by atoms with Gasteiger partial charge in [0.15, 0.2) is 5.82 Å². The summed E-state index contributed by atoms with van der Waals surface area (Å²) in [5.41, 5.74) is 6.64. The van der Waals surface area contributed by atoms with Gasteiger partial charge in [-0.05, 0) is 44.4 Å². The topological polar surface area (TPSA) is 91.1 Å². The van der Waals surface area contributed by atoms with Gasteiger partial charge in [-0.15, -0.1) is 0 Å². The Balaban J connectivity index is 1.90. The highest BCUT2D eigenvalue weighted by molar-refractivity contribution is 5.65. The molecular weight excluding hydrogens is 266 g/mol. The van der Waals surface area contributed by atoms with Gasteiger partial charge in [-0.25, -0.2) is 4.68 Å². The molecule has 0 spiro atoms. The highest BCUT2D eigenvalue weighted by atomic mass is 16.3. The number of piperidine rings is 1. The maximum Gasteiger partial charge on any atom is 0.170 e. The molecule has 1 saturated carbocycles.